The fourth-order valence-electron chi connectivity index (χ4n) is 4.49. The predicted molar refractivity (Wildman–Crippen MR) is 106 cm³/mol. The van der Waals surface area contributed by atoms with Crippen molar-refractivity contribution in [1.29, 1.82) is 0 Å². The topological polar surface area (TPSA) is 54.2 Å². The summed E-state index contributed by atoms with van der Waals surface area (Å²) in [6.45, 7) is 5.49. The Bertz CT molecular complexity index is 938. The van der Waals surface area contributed by atoms with Gasteiger partial charge in [0.15, 0.2) is 5.58 Å². The van der Waals surface area contributed by atoms with Gasteiger partial charge in [0.25, 0.3) is 0 Å². The molecule has 0 radical (unpaired) electrons. The Morgan fingerprint density at radius 1 is 1.12 bits per heavy atom. The third-order valence-electron chi connectivity index (χ3n) is 6.17. The van der Waals surface area contributed by atoms with E-state index in [0.29, 0.717) is 5.41 Å². The Kier molecular flexibility index (Phi) is 4.22. The number of piperidine rings is 2. The highest BCUT2D eigenvalue weighted by Gasteiger charge is 2.35. The molecule has 2 aliphatic rings. The first-order valence-corrected chi connectivity index (χ1v) is 10.3. The highest BCUT2D eigenvalue weighted by atomic mass is 79.9. The molecular formula is C20H23BrN4O. The van der Waals surface area contributed by atoms with Gasteiger partial charge in [-0.3, -0.25) is 4.90 Å². The molecule has 26 heavy (non-hydrogen) atoms. The molecule has 1 spiro atoms. The lowest BCUT2D eigenvalue weighted by atomic mass is 9.71. The number of aromatic nitrogens is 2. The Morgan fingerprint density at radius 3 is 2.73 bits per heavy atom. The van der Waals surface area contributed by atoms with Crippen molar-refractivity contribution in [2.75, 3.05) is 26.2 Å². The van der Waals surface area contributed by atoms with Crippen LogP contribution < -0.4 is 5.32 Å². The van der Waals surface area contributed by atoms with Crippen molar-refractivity contribution in [1.82, 2.24) is 20.2 Å². The van der Waals surface area contributed by atoms with Gasteiger partial charge in [-0.05, 0) is 75.5 Å². The lowest BCUT2D eigenvalue weighted by Crippen LogP contribution is -2.45. The molecule has 3 aromatic rings. The second-order valence-corrected chi connectivity index (χ2v) is 8.68. The SMILES string of the molecule is Brc1ccc2oc3cnc(CN4CCC5(CCNCC5)CC4)nc3c2c1. The van der Waals surface area contributed by atoms with E-state index >= 15 is 0 Å². The maximum absolute atomic E-state index is 5.86. The largest absolute Gasteiger partial charge is 0.453 e. The van der Waals surface area contributed by atoms with Crippen molar-refractivity contribution in [2.45, 2.75) is 32.2 Å². The zero-order chi connectivity index (χ0) is 17.6. The number of nitrogens with one attached hydrogen (secondary N) is 1. The molecule has 0 aliphatic carbocycles. The summed E-state index contributed by atoms with van der Waals surface area (Å²) in [7, 11) is 0. The summed E-state index contributed by atoms with van der Waals surface area (Å²) in [6.07, 6.45) is 7.10. The Labute approximate surface area is 161 Å². The van der Waals surface area contributed by atoms with Crippen LogP contribution in [0.4, 0.5) is 0 Å². The van der Waals surface area contributed by atoms with E-state index in [1.165, 1.54) is 38.8 Å². The van der Waals surface area contributed by atoms with E-state index in [1.54, 1.807) is 0 Å². The molecule has 0 atom stereocenters. The van der Waals surface area contributed by atoms with Crippen LogP contribution in [0, 0.1) is 5.41 Å². The van der Waals surface area contributed by atoms with E-state index in [4.69, 9.17) is 9.40 Å². The minimum absolute atomic E-state index is 0.583. The van der Waals surface area contributed by atoms with Crippen LogP contribution in [-0.2, 0) is 6.54 Å². The number of likely N-dealkylation sites (tertiary alicyclic amines) is 1. The van der Waals surface area contributed by atoms with E-state index in [0.717, 1.165) is 52.0 Å². The van der Waals surface area contributed by atoms with Crippen LogP contribution >= 0.6 is 15.9 Å². The minimum atomic E-state index is 0.583. The summed E-state index contributed by atoms with van der Waals surface area (Å²) in [4.78, 5) is 11.9. The average molecular weight is 415 g/mol. The number of furan rings is 1. The van der Waals surface area contributed by atoms with Crippen LogP contribution in [-0.4, -0.2) is 41.0 Å². The zero-order valence-electron chi connectivity index (χ0n) is 14.8. The molecule has 2 fully saturated rings. The monoisotopic (exact) mass is 414 g/mol. The number of fused-ring (bicyclic) bond motifs is 3. The lowest BCUT2D eigenvalue weighted by molar-refractivity contribution is 0.0688. The number of rotatable bonds is 2. The van der Waals surface area contributed by atoms with Crippen molar-refractivity contribution in [3.63, 3.8) is 0 Å². The first-order chi connectivity index (χ1) is 12.7. The van der Waals surface area contributed by atoms with E-state index in [-0.39, 0.29) is 0 Å². The first kappa shape index (κ1) is 16.7. The van der Waals surface area contributed by atoms with Crippen molar-refractivity contribution >= 4 is 38.0 Å². The maximum atomic E-state index is 5.86. The molecule has 0 bridgehead atoms. The van der Waals surface area contributed by atoms with Gasteiger partial charge in [0.05, 0.1) is 12.7 Å². The molecule has 2 aromatic heterocycles. The van der Waals surface area contributed by atoms with Gasteiger partial charge in [-0.1, -0.05) is 15.9 Å². The number of hydrogen-bond acceptors (Lipinski definition) is 5. The highest BCUT2D eigenvalue weighted by Crippen LogP contribution is 2.39. The number of benzene rings is 1. The first-order valence-electron chi connectivity index (χ1n) is 9.48. The van der Waals surface area contributed by atoms with Gasteiger partial charge in [-0.2, -0.15) is 0 Å². The molecular weight excluding hydrogens is 392 g/mol. The van der Waals surface area contributed by atoms with E-state index in [9.17, 15) is 0 Å². The summed E-state index contributed by atoms with van der Waals surface area (Å²) in [5.41, 5.74) is 3.12. The van der Waals surface area contributed by atoms with Crippen LogP contribution in [0.1, 0.15) is 31.5 Å². The quantitative estimate of drug-likeness (QED) is 0.683. The zero-order valence-corrected chi connectivity index (χ0v) is 16.4. The minimum Gasteiger partial charge on any atom is -0.453 e. The molecule has 5 rings (SSSR count). The molecule has 2 aliphatic heterocycles. The molecule has 2 saturated heterocycles. The lowest BCUT2D eigenvalue weighted by Gasteiger charge is -2.44. The molecule has 0 saturated carbocycles. The van der Waals surface area contributed by atoms with Gasteiger partial charge >= 0.3 is 0 Å². The summed E-state index contributed by atoms with van der Waals surface area (Å²) in [5, 5.41) is 4.54. The highest BCUT2D eigenvalue weighted by molar-refractivity contribution is 9.10. The Morgan fingerprint density at radius 2 is 1.92 bits per heavy atom. The molecule has 5 nitrogen and oxygen atoms in total. The molecule has 0 unspecified atom stereocenters. The fourth-order valence-corrected chi connectivity index (χ4v) is 4.85. The summed E-state index contributed by atoms with van der Waals surface area (Å²) in [6, 6.07) is 6.03. The Hall–Kier alpha value is -1.50. The van der Waals surface area contributed by atoms with Crippen molar-refractivity contribution < 1.29 is 4.42 Å². The fraction of sp³-hybridized carbons (Fsp3) is 0.500. The summed E-state index contributed by atoms with van der Waals surface area (Å²) >= 11 is 3.54. The number of hydrogen-bond donors (Lipinski definition) is 1. The normalized spacial score (nSPS) is 21.0. The second-order valence-electron chi connectivity index (χ2n) is 7.77. The number of nitrogens with zero attached hydrogens (tertiary/aromatic N) is 3. The van der Waals surface area contributed by atoms with Gasteiger partial charge in [0, 0.05) is 9.86 Å². The molecule has 136 valence electrons. The summed E-state index contributed by atoms with van der Waals surface area (Å²) < 4.78 is 6.90. The standard InChI is InChI=1S/C20H23BrN4O/c21-14-1-2-16-15(11-14)19-17(26-16)12-23-18(24-19)13-25-9-5-20(6-10-25)3-7-22-8-4-20/h1-2,11-12,22H,3-10,13H2. The van der Waals surface area contributed by atoms with Crippen LogP contribution in [0.3, 0.4) is 0 Å². The number of halogens is 1. The smallest absolute Gasteiger partial charge is 0.172 e. The van der Waals surface area contributed by atoms with Crippen LogP contribution in [0.15, 0.2) is 33.3 Å². The van der Waals surface area contributed by atoms with Crippen molar-refractivity contribution in [2.24, 2.45) is 5.41 Å². The predicted octanol–water partition coefficient (Wildman–Crippen LogP) is 4.10. The molecule has 1 aromatic carbocycles. The van der Waals surface area contributed by atoms with Gasteiger partial charge in [-0.25, -0.2) is 9.97 Å². The van der Waals surface area contributed by atoms with Crippen LogP contribution in [0.2, 0.25) is 0 Å². The molecule has 1 N–H and O–H groups in total. The maximum Gasteiger partial charge on any atom is 0.172 e. The van der Waals surface area contributed by atoms with E-state index in [2.05, 4.69) is 37.2 Å². The summed E-state index contributed by atoms with van der Waals surface area (Å²) in [5.74, 6) is 0.890. The second kappa shape index (κ2) is 6.59. The van der Waals surface area contributed by atoms with E-state index < -0.39 is 0 Å². The molecule has 0 amide bonds. The van der Waals surface area contributed by atoms with Crippen molar-refractivity contribution in [3.8, 4) is 0 Å². The third-order valence-corrected chi connectivity index (χ3v) is 6.66. The van der Waals surface area contributed by atoms with Gasteiger partial charge in [-0.15, -0.1) is 0 Å². The molecule has 6 heteroatoms. The van der Waals surface area contributed by atoms with Crippen molar-refractivity contribution in [3.05, 3.63) is 34.7 Å². The van der Waals surface area contributed by atoms with Gasteiger partial charge in [0.2, 0.25) is 0 Å². The van der Waals surface area contributed by atoms with Gasteiger partial charge in [0.1, 0.15) is 16.9 Å². The van der Waals surface area contributed by atoms with E-state index in [1.807, 2.05) is 18.3 Å². The van der Waals surface area contributed by atoms with Gasteiger partial charge < -0.3 is 9.73 Å². The molecule has 4 heterocycles. The third kappa shape index (κ3) is 3.04. The van der Waals surface area contributed by atoms with Crippen LogP contribution in [0.25, 0.3) is 22.1 Å². The Balaban J connectivity index is 1.35. The average Bonchev–Trinajstić information content (AvgIpc) is 3.02. The van der Waals surface area contributed by atoms with Crippen LogP contribution in [0.5, 0.6) is 0 Å².